The number of hydrogen-bond acceptors (Lipinski definition) is 11. The molecule has 4 N–H and O–H groups in total. The van der Waals surface area contributed by atoms with Gasteiger partial charge in [-0.15, -0.1) is 0 Å². The first-order valence-corrected chi connectivity index (χ1v) is 14.4. The van der Waals surface area contributed by atoms with E-state index in [4.69, 9.17) is 36.7 Å². The van der Waals surface area contributed by atoms with Gasteiger partial charge in [-0.25, -0.2) is 16.8 Å². The molecule has 0 saturated carbocycles. The van der Waals surface area contributed by atoms with Crippen LogP contribution in [-0.4, -0.2) is 86.1 Å². The minimum Gasteiger partial charge on any atom is -0.741 e. The summed E-state index contributed by atoms with van der Waals surface area (Å²) in [5, 5.41) is 7.20. The number of rotatable bonds is 3. The van der Waals surface area contributed by atoms with Crippen LogP contribution in [0.5, 0.6) is 0 Å². The summed E-state index contributed by atoms with van der Waals surface area (Å²) in [4.78, 5) is 7.38. The second kappa shape index (κ2) is 18.4. The molecular weight excluding hydrogens is 640 g/mol. The van der Waals surface area contributed by atoms with E-state index in [1.165, 1.54) is 12.8 Å². The van der Waals surface area contributed by atoms with E-state index in [0.717, 1.165) is 57.1 Å². The second-order valence-electron chi connectivity index (χ2n) is 8.33. The second-order valence-corrected chi connectivity index (χ2v) is 11.1. The molecule has 1 aromatic heterocycles. The van der Waals surface area contributed by atoms with Crippen molar-refractivity contribution in [2.24, 2.45) is 5.73 Å². The van der Waals surface area contributed by atoms with E-state index in [-0.39, 0.29) is 17.1 Å². The van der Waals surface area contributed by atoms with Gasteiger partial charge in [0.15, 0.2) is 20.2 Å². The van der Waals surface area contributed by atoms with Gasteiger partial charge in [0.1, 0.15) is 0 Å². The van der Waals surface area contributed by atoms with Gasteiger partial charge in [0, 0.05) is 12.1 Å². The first kappa shape index (κ1) is 41.0. The Kier molecular flexibility index (Phi) is 18.9. The van der Waals surface area contributed by atoms with Crippen LogP contribution in [0.15, 0.2) is 18.2 Å². The normalized spacial score (nSPS) is 20.0. The van der Waals surface area contributed by atoms with Crippen molar-refractivity contribution in [3.05, 3.63) is 29.6 Å². The molecular formula is C20H33F6FeN5O6S2. The van der Waals surface area contributed by atoms with Crippen LogP contribution in [-0.2, 0) is 37.3 Å². The topological polar surface area (TPSA) is 181 Å². The molecule has 2 atom stereocenters. The predicted molar refractivity (Wildman–Crippen MR) is 128 cm³/mol. The summed E-state index contributed by atoms with van der Waals surface area (Å²) in [7, 11) is -12.2. The maximum Gasteiger partial charge on any atom is 2.00 e. The van der Waals surface area contributed by atoms with E-state index in [9.17, 15) is 26.3 Å². The van der Waals surface area contributed by atoms with Crippen molar-refractivity contribution in [1.29, 1.82) is 0 Å². The van der Waals surface area contributed by atoms with Gasteiger partial charge in [-0.3, -0.25) is 4.98 Å². The standard InChI is InChI=1S/C18H33N5.2CHF3O3S.Fe/c1-15-17-7-3-8-18(22-17)16(2)21-11-6-14-23(12-4-9-19)13-5-10-20-15;2*2-1(3,4)8(5,6)7;/h3,7-8,15-16,20-21H,4-6,9-14,19H2,1-2H3;2*(H,5,6,7);/q;;;+2/p-2/t15-,16-;;;/m0.../s1. The molecule has 0 aliphatic carbocycles. The monoisotopic (exact) mass is 673 g/mol. The van der Waals surface area contributed by atoms with Gasteiger partial charge in [-0.05, 0) is 84.5 Å². The van der Waals surface area contributed by atoms with Crippen molar-refractivity contribution < 1.29 is 69.4 Å². The van der Waals surface area contributed by atoms with E-state index in [1.807, 2.05) is 0 Å². The molecule has 0 saturated heterocycles. The fourth-order valence-electron chi connectivity index (χ4n) is 3.05. The Balaban J connectivity index is 0. The zero-order valence-electron chi connectivity index (χ0n) is 21.6. The maximum atomic E-state index is 10.7. The number of alkyl halides is 6. The van der Waals surface area contributed by atoms with Gasteiger partial charge >= 0.3 is 28.1 Å². The minimum absolute atomic E-state index is 0. The first-order chi connectivity index (χ1) is 17.7. The number of pyridine rings is 1. The average molecular weight is 673 g/mol. The fourth-order valence-corrected chi connectivity index (χ4v) is 3.05. The predicted octanol–water partition coefficient (Wildman–Crippen LogP) is 1.93. The molecule has 2 bridgehead atoms. The average Bonchev–Trinajstić information content (AvgIpc) is 2.79. The van der Waals surface area contributed by atoms with Crippen LogP contribution in [0, 0.1) is 0 Å². The minimum atomic E-state index is -6.09. The van der Waals surface area contributed by atoms with Crippen molar-refractivity contribution in [1.82, 2.24) is 20.5 Å². The molecule has 2 rings (SSSR count). The molecule has 0 unspecified atom stereocenters. The summed E-state index contributed by atoms with van der Waals surface area (Å²) in [5.74, 6) is 0. The summed E-state index contributed by atoms with van der Waals surface area (Å²) >= 11 is 0. The Morgan fingerprint density at radius 1 is 0.900 bits per heavy atom. The zero-order chi connectivity index (χ0) is 30.5. The van der Waals surface area contributed by atoms with Crippen molar-refractivity contribution in [3.8, 4) is 0 Å². The molecule has 1 aromatic rings. The van der Waals surface area contributed by atoms with Crippen molar-refractivity contribution in [3.63, 3.8) is 0 Å². The number of fused-ring (bicyclic) bond motifs is 2. The summed E-state index contributed by atoms with van der Waals surface area (Å²) in [6.45, 7) is 10.6. The SMILES string of the molecule is C[C@@H]1NCCCN(CCCN)CCCN[C@@H](C)c2cccc1n2.O=S(=O)([O-])C(F)(F)F.O=S(=O)([O-])C(F)(F)F.[Fe+2]. The molecule has 0 aromatic carbocycles. The quantitative estimate of drug-likeness (QED) is 0.185. The van der Waals surface area contributed by atoms with Gasteiger partial charge in [-0.2, -0.15) is 26.3 Å². The number of nitrogens with one attached hydrogen (secondary N) is 2. The Morgan fingerprint density at radius 2 is 1.25 bits per heavy atom. The third-order valence-corrected chi connectivity index (χ3v) is 6.26. The van der Waals surface area contributed by atoms with E-state index < -0.39 is 31.3 Å². The molecule has 236 valence electrons. The number of nitrogens with two attached hydrogens (primary N) is 1. The molecule has 1 aliphatic heterocycles. The Morgan fingerprint density at radius 3 is 1.55 bits per heavy atom. The van der Waals surface area contributed by atoms with Gasteiger partial charge in [0.25, 0.3) is 0 Å². The Bertz CT molecular complexity index is 989. The van der Waals surface area contributed by atoms with Gasteiger partial charge in [0.2, 0.25) is 0 Å². The van der Waals surface area contributed by atoms with E-state index in [0.29, 0.717) is 12.1 Å². The van der Waals surface area contributed by atoms with Crippen molar-refractivity contribution >= 4 is 20.2 Å². The number of nitrogens with zero attached hydrogens (tertiary/aromatic N) is 2. The third-order valence-electron chi connectivity index (χ3n) is 5.13. The summed E-state index contributed by atoms with van der Waals surface area (Å²) in [6, 6.07) is 6.94. The van der Waals surface area contributed by atoms with E-state index in [1.54, 1.807) is 0 Å². The summed E-state index contributed by atoms with van der Waals surface area (Å²) < 4.78 is 118. The largest absolute Gasteiger partial charge is 2.00 e. The van der Waals surface area contributed by atoms with Crippen molar-refractivity contribution in [2.75, 3.05) is 39.3 Å². The number of aromatic nitrogens is 1. The van der Waals surface area contributed by atoms with E-state index >= 15 is 0 Å². The van der Waals surface area contributed by atoms with Crippen molar-refractivity contribution in [2.45, 2.75) is 56.2 Å². The molecule has 40 heavy (non-hydrogen) atoms. The van der Waals surface area contributed by atoms with E-state index in [2.05, 4.69) is 47.6 Å². The van der Waals surface area contributed by atoms with Gasteiger partial charge < -0.3 is 30.4 Å². The molecule has 1 aliphatic rings. The van der Waals surface area contributed by atoms with Crippen LogP contribution in [0.3, 0.4) is 0 Å². The Labute approximate surface area is 240 Å². The van der Waals surface area contributed by atoms with Crippen LogP contribution in [0.1, 0.15) is 56.6 Å². The molecule has 2 heterocycles. The van der Waals surface area contributed by atoms with Crippen LogP contribution < -0.4 is 16.4 Å². The first-order valence-electron chi connectivity index (χ1n) is 11.6. The number of hydrogen-bond donors (Lipinski definition) is 3. The third kappa shape index (κ3) is 17.0. The molecule has 0 spiro atoms. The smallest absolute Gasteiger partial charge is 0.741 e. The number of halogens is 6. The molecule has 0 amide bonds. The maximum absolute atomic E-state index is 10.7. The fraction of sp³-hybridized carbons (Fsp3) is 0.750. The van der Waals surface area contributed by atoms with Crippen LogP contribution in [0.25, 0.3) is 0 Å². The molecule has 0 fully saturated rings. The van der Waals surface area contributed by atoms with Crippen LogP contribution in [0.4, 0.5) is 26.3 Å². The Hall–Kier alpha value is -1.09. The summed E-state index contributed by atoms with van der Waals surface area (Å²) in [6.07, 6.45) is 3.42. The van der Waals surface area contributed by atoms with Crippen LogP contribution >= 0.6 is 0 Å². The zero-order valence-corrected chi connectivity index (χ0v) is 24.3. The van der Waals surface area contributed by atoms with Crippen LogP contribution in [0.2, 0.25) is 0 Å². The van der Waals surface area contributed by atoms with Gasteiger partial charge in [-0.1, -0.05) is 6.07 Å². The molecule has 20 heteroatoms. The molecule has 0 radical (unpaired) electrons. The van der Waals surface area contributed by atoms with Gasteiger partial charge in [0.05, 0.1) is 11.4 Å². The summed E-state index contributed by atoms with van der Waals surface area (Å²) in [5.41, 5.74) is -3.36. The molecule has 11 nitrogen and oxygen atoms in total.